The molecule has 0 saturated heterocycles. The highest BCUT2D eigenvalue weighted by Gasteiger charge is 2.33. The standard InChI is InChI=1S/C20H17ClF3N5O2/c1-11-5-7-26-19(17(11)22)29-16(30)9-13-18(31)12(21)8-15(28-13)27-10-20(23,24)14-4-2-3-6-25-14/h2-8,31H,9-10H2,1H3,(H,27,28)(H,26,29,30). The van der Waals surface area contributed by atoms with Crippen molar-refractivity contribution in [3.05, 3.63) is 70.5 Å². The summed E-state index contributed by atoms with van der Waals surface area (Å²) in [4.78, 5) is 23.6. The molecule has 0 saturated carbocycles. The average Bonchev–Trinajstić information content (AvgIpc) is 2.74. The smallest absolute Gasteiger partial charge is 0.306 e. The fraction of sp³-hybridized carbons (Fsp3) is 0.200. The molecule has 1 amide bonds. The van der Waals surface area contributed by atoms with Crippen LogP contribution in [0.2, 0.25) is 5.02 Å². The quantitative estimate of drug-likeness (QED) is 0.501. The van der Waals surface area contributed by atoms with Crippen molar-refractivity contribution in [2.24, 2.45) is 0 Å². The minimum atomic E-state index is -3.31. The lowest BCUT2D eigenvalue weighted by Crippen LogP contribution is -2.26. The predicted octanol–water partition coefficient (Wildman–Crippen LogP) is 4.06. The number of anilines is 2. The van der Waals surface area contributed by atoms with Crippen LogP contribution < -0.4 is 10.6 Å². The van der Waals surface area contributed by atoms with Gasteiger partial charge in [-0.15, -0.1) is 0 Å². The molecule has 0 atom stereocenters. The number of rotatable bonds is 7. The Morgan fingerprint density at radius 2 is 2.00 bits per heavy atom. The number of hydrogen-bond acceptors (Lipinski definition) is 6. The molecule has 0 aliphatic rings. The minimum absolute atomic E-state index is 0.0823. The van der Waals surface area contributed by atoms with Gasteiger partial charge in [-0.2, -0.15) is 8.78 Å². The van der Waals surface area contributed by atoms with E-state index < -0.39 is 42.1 Å². The second kappa shape index (κ2) is 9.17. The van der Waals surface area contributed by atoms with Crippen molar-refractivity contribution < 1.29 is 23.1 Å². The fourth-order valence-corrected chi connectivity index (χ4v) is 2.81. The Morgan fingerprint density at radius 1 is 1.23 bits per heavy atom. The van der Waals surface area contributed by atoms with Gasteiger partial charge in [0.15, 0.2) is 17.4 Å². The van der Waals surface area contributed by atoms with Crippen LogP contribution >= 0.6 is 11.6 Å². The van der Waals surface area contributed by atoms with Gasteiger partial charge in [-0.25, -0.2) is 14.4 Å². The zero-order valence-corrected chi connectivity index (χ0v) is 16.9. The molecule has 0 unspecified atom stereocenters. The molecule has 11 heteroatoms. The first-order valence-corrected chi connectivity index (χ1v) is 9.37. The summed E-state index contributed by atoms with van der Waals surface area (Å²) in [5, 5.41) is 14.6. The van der Waals surface area contributed by atoms with Gasteiger partial charge >= 0.3 is 5.92 Å². The molecule has 0 fully saturated rings. The van der Waals surface area contributed by atoms with Gasteiger partial charge in [0.2, 0.25) is 5.91 Å². The lowest BCUT2D eigenvalue weighted by molar-refractivity contribution is -0.115. The van der Waals surface area contributed by atoms with Crippen molar-refractivity contribution >= 4 is 29.1 Å². The summed E-state index contributed by atoms with van der Waals surface area (Å²) in [6.45, 7) is 0.665. The molecular weight excluding hydrogens is 435 g/mol. The summed E-state index contributed by atoms with van der Waals surface area (Å²) < 4.78 is 42.6. The fourth-order valence-electron chi connectivity index (χ4n) is 2.60. The number of pyridine rings is 3. The molecule has 0 spiro atoms. The van der Waals surface area contributed by atoms with Crippen LogP contribution in [0.3, 0.4) is 0 Å². The Balaban J connectivity index is 1.73. The monoisotopic (exact) mass is 451 g/mol. The molecular formula is C20H17ClF3N5O2. The molecule has 3 rings (SSSR count). The topological polar surface area (TPSA) is 100 Å². The number of hydrogen-bond donors (Lipinski definition) is 3. The molecule has 3 aromatic rings. The average molecular weight is 452 g/mol. The van der Waals surface area contributed by atoms with Crippen LogP contribution in [-0.4, -0.2) is 32.5 Å². The van der Waals surface area contributed by atoms with Crippen LogP contribution in [0.1, 0.15) is 17.0 Å². The molecule has 162 valence electrons. The number of halogens is 4. The van der Waals surface area contributed by atoms with Gasteiger partial charge in [-0.05, 0) is 30.7 Å². The van der Waals surface area contributed by atoms with Gasteiger partial charge in [-0.3, -0.25) is 9.78 Å². The summed E-state index contributed by atoms with van der Waals surface area (Å²) >= 11 is 5.94. The molecule has 3 aromatic heterocycles. The number of aromatic hydroxyl groups is 1. The molecule has 7 nitrogen and oxygen atoms in total. The normalized spacial score (nSPS) is 11.3. The Kier molecular flexibility index (Phi) is 6.59. The van der Waals surface area contributed by atoms with Crippen LogP contribution in [0.25, 0.3) is 0 Å². The van der Waals surface area contributed by atoms with E-state index in [4.69, 9.17) is 11.6 Å². The molecule has 3 heterocycles. The number of aromatic nitrogens is 3. The highest BCUT2D eigenvalue weighted by atomic mass is 35.5. The molecule has 3 N–H and O–H groups in total. The Morgan fingerprint density at radius 3 is 2.71 bits per heavy atom. The molecule has 0 bridgehead atoms. The summed E-state index contributed by atoms with van der Waals surface area (Å²) in [7, 11) is 0. The second-order valence-electron chi connectivity index (χ2n) is 6.57. The van der Waals surface area contributed by atoms with Crippen molar-refractivity contribution in [2.45, 2.75) is 19.3 Å². The van der Waals surface area contributed by atoms with Gasteiger partial charge in [0.1, 0.15) is 11.5 Å². The number of aryl methyl sites for hydroxylation is 1. The van der Waals surface area contributed by atoms with E-state index in [0.29, 0.717) is 0 Å². The Labute approximate surface area is 180 Å². The summed E-state index contributed by atoms with van der Waals surface area (Å²) in [5.74, 6) is -5.58. The highest BCUT2D eigenvalue weighted by Crippen LogP contribution is 2.31. The molecule has 31 heavy (non-hydrogen) atoms. The predicted molar refractivity (Wildman–Crippen MR) is 109 cm³/mol. The largest absolute Gasteiger partial charge is 0.505 e. The van der Waals surface area contributed by atoms with E-state index in [-0.39, 0.29) is 27.9 Å². The third kappa shape index (κ3) is 5.40. The maximum absolute atomic E-state index is 14.3. The lowest BCUT2D eigenvalue weighted by Gasteiger charge is -2.17. The number of nitrogens with zero attached hydrogens (tertiary/aromatic N) is 3. The van der Waals surface area contributed by atoms with Crippen molar-refractivity contribution in [1.82, 2.24) is 15.0 Å². The zero-order chi connectivity index (χ0) is 22.6. The minimum Gasteiger partial charge on any atom is -0.505 e. The number of alkyl halides is 2. The summed E-state index contributed by atoms with van der Waals surface area (Å²) in [6.07, 6.45) is 2.08. The SMILES string of the molecule is Cc1ccnc(NC(=O)Cc2nc(NCC(F)(F)c3ccccn3)cc(Cl)c2O)c1F. The van der Waals surface area contributed by atoms with E-state index in [1.807, 2.05) is 0 Å². The maximum atomic E-state index is 14.3. The lowest BCUT2D eigenvalue weighted by atomic mass is 10.2. The number of nitrogens with one attached hydrogen (secondary N) is 2. The van der Waals surface area contributed by atoms with Crippen LogP contribution in [0, 0.1) is 12.7 Å². The Bertz CT molecular complexity index is 1100. The third-order valence-corrected chi connectivity index (χ3v) is 4.51. The van der Waals surface area contributed by atoms with Crippen LogP contribution in [-0.2, 0) is 17.1 Å². The maximum Gasteiger partial charge on any atom is 0.306 e. The first kappa shape index (κ1) is 22.3. The number of carbonyl (C=O) groups is 1. The van der Waals surface area contributed by atoms with Crippen LogP contribution in [0.4, 0.5) is 24.8 Å². The molecule has 0 aliphatic carbocycles. The van der Waals surface area contributed by atoms with Gasteiger partial charge in [-0.1, -0.05) is 17.7 Å². The van der Waals surface area contributed by atoms with E-state index in [0.717, 1.165) is 6.07 Å². The van der Waals surface area contributed by atoms with Crippen LogP contribution in [0.15, 0.2) is 42.7 Å². The van der Waals surface area contributed by atoms with E-state index in [9.17, 15) is 23.1 Å². The first-order valence-electron chi connectivity index (χ1n) is 9.00. The van der Waals surface area contributed by atoms with E-state index >= 15 is 0 Å². The third-order valence-electron chi connectivity index (χ3n) is 4.22. The van der Waals surface area contributed by atoms with Crippen molar-refractivity contribution in [3.63, 3.8) is 0 Å². The van der Waals surface area contributed by atoms with Crippen molar-refractivity contribution in [2.75, 3.05) is 17.2 Å². The number of amides is 1. The number of carbonyl (C=O) groups excluding carboxylic acids is 1. The Hall–Kier alpha value is -3.40. The van der Waals surface area contributed by atoms with Crippen molar-refractivity contribution in [1.29, 1.82) is 0 Å². The zero-order valence-electron chi connectivity index (χ0n) is 16.2. The summed E-state index contributed by atoms with van der Waals surface area (Å²) in [5.41, 5.74) is -0.323. The first-order chi connectivity index (χ1) is 14.7. The van der Waals surface area contributed by atoms with Gasteiger partial charge in [0, 0.05) is 18.5 Å². The van der Waals surface area contributed by atoms with E-state index in [2.05, 4.69) is 25.6 Å². The highest BCUT2D eigenvalue weighted by molar-refractivity contribution is 6.32. The van der Waals surface area contributed by atoms with Gasteiger partial charge < -0.3 is 15.7 Å². The molecule has 0 aliphatic heterocycles. The van der Waals surface area contributed by atoms with Gasteiger partial charge in [0.05, 0.1) is 23.7 Å². The summed E-state index contributed by atoms with van der Waals surface area (Å²) in [6, 6.07) is 6.73. The van der Waals surface area contributed by atoms with E-state index in [1.165, 1.54) is 43.6 Å². The van der Waals surface area contributed by atoms with Gasteiger partial charge in [0.25, 0.3) is 0 Å². The van der Waals surface area contributed by atoms with Crippen LogP contribution in [0.5, 0.6) is 5.75 Å². The second-order valence-corrected chi connectivity index (χ2v) is 6.98. The van der Waals surface area contributed by atoms with Crippen molar-refractivity contribution in [3.8, 4) is 5.75 Å². The van der Waals surface area contributed by atoms with E-state index in [1.54, 1.807) is 0 Å². The molecule has 0 aromatic carbocycles. The molecule has 0 radical (unpaired) electrons.